The van der Waals surface area contributed by atoms with E-state index in [-0.39, 0.29) is 11.3 Å². The topological polar surface area (TPSA) is 72.4 Å². The maximum absolute atomic E-state index is 11.8. The molecule has 126 valence electrons. The molecular weight excluding hydrogens is 308 g/mol. The lowest BCUT2D eigenvalue weighted by molar-refractivity contribution is -0.0832. The lowest BCUT2D eigenvalue weighted by Gasteiger charge is -2.33. The van der Waals surface area contributed by atoms with E-state index in [0.717, 1.165) is 44.8 Å². The summed E-state index contributed by atoms with van der Waals surface area (Å²) in [5, 5.41) is 6.52. The number of nitrogens with zero attached hydrogens (tertiary/aromatic N) is 3. The third-order valence-electron chi connectivity index (χ3n) is 5.35. The minimum atomic E-state index is -0.263. The van der Waals surface area contributed by atoms with Crippen molar-refractivity contribution in [3.05, 3.63) is 45.6 Å². The Bertz CT molecular complexity index is 843. The fraction of sp³-hybridized carbons (Fsp3) is 0.529. The predicted molar refractivity (Wildman–Crippen MR) is 85.9 cm³/mol. The molecule has 3 aliphatic heterocycles. The smallest absolute Gasteiger partial charge is 0.343 e. The van der Waals surface area contributed by atoms with E-state index in [4.69, 9.17) is 9.47 Å². The second-order valence-electron chi connectivity index (χ2n) is 7.00. The summed E-state index contributed by atoms with van der Waals surface area (Å²) >= 11 is 0. The first kappa shape index (κ1) is 14.2. The fourth-order valence-corrected chi connectivity index (χ4v) is 4.08. The van der Waals surface area contributed by atoms with Gasteiger partial charge in [0.15, 0.2) is 5.82 Å². The third kappa shape index (κ3) is 2.27. The largest absolute Gasteiger partial charge is 0.493 e. The van der Waals surface area contributed by atoms with Crippen LogP contribution in [0.1, 0.15) is 23.4 Å². The van der Waals surface area contributed by atoms with Crippen LogP contribution in [0.3, 0.4) is 0 Å². The number of benzene rings is 1. The van der Waals surface area contributed by atoms with Crippen molar-refractivity contribution in [1.29, 1.82) is 0 Å². The molecule has 24 heavy (non-hydrogen) atoms. The Kier molecular flexibility index (Phi) is 3.08. The van der Waals surface area contributed by atoms with Crippen LogP contribution >= 0.6 is 0 Å². The van der Waals surface area contributed by atoms with Crippen molar-refractivity contribution in [2.45, 2.75) is 38.1 Å². The Hall–Kier alpha value is -2.12. The maximum atomic E-state index is 11.8. The molecule has 0 radical (unpaired) electrons. The lowest BCUT2D eigenvalue weighted by Crippen LogP contribution is -2.46. The monoisotopic (exact) mass is 328 g/mol. The number of rotatable bonds is 2. The molecule has 7 nitrogen and oxygen atoms in total. The number of fused-ring (bicyclic) bond motifs is 2. The van der Waals surface area contributed by atoms with Gasteiger partial charge in [0.1, 0.15) is 18.0 Å². The molecule has 0 amide bonds. The molecule has 0 saturated carbocycles. The van der Waals surface area contributed by atoms with Crippen molar-refractivity contribution >= 4 is 0 Å². The highest BCUT2D eigenvalue weighted by atomic mass is 16.5. The average molecular weight is 328 g/mol. The van der Waals surface area contributed by atoms with Crippen molar-refractivity contribution < 1.29 is 9.47 Å². The molecule has 1 spiro atoms. The molecule has 1 atom stereocenters. The number of ether oxygens (including phenoxy) is 2. The summed E-state index contributed by atoms with van der Waals surface area (Å²) in [5.74, 6) is 1.72. The van der Waals surface area contributed by atoms with Crippen molar-refractivity contribution in [1.82, 2.24) is 19.7 Å². The molecule has 1 N–H and O–H groups in total. The van der Waals surface area contributed by atoms with E-state index >= 15 is 0 Å². The van der Waals surface area contributed by atoms with Gasteiger partial charge in [0.25, 0.3) is 0 Å². The standard InChI is InChI=1S/C17H20N4O3/c22-16-19-18-15-9-24-17(11-21(15)16)4-5-20(10-17)8-12-1-2-14-13(7-12)3-6-23-14/h1-2,7H,3-6,8-11H2,(H,19,22). The number of nitrogens with one attached hydrogen (secondary N) is 1. The summed E-state index contributed by atoms with van der Waals surface area (Å²) in [6, 6.07) is 6.49. The van der Waals surface area contributed by atoms with Crippen LogP contribution in [0.4, 0.5) is 0 Å². The van der Waals surface area contributed by atoms with E-state index in [0.29, 0.717) is 19.0 Å². The zero-order chi connectivity index (χ0) is 16.1. The summed E-state index contributed by atoms with van der Waals surface area (Å²) in [6.07, 6.45) is 1.94. The minimum absolute atomic E-state index is 0.134. The van der Waals surface area contributed by atoms with Crippen LogP contribution in [0.25, 0.3) is 0 Å². The number of aromatic amines is 1. The van der Waals surface area contributed by atoms with E-state index < -0.39 is 0 Å². The van der Waals surface area contributed by atoms with Crippen molar-refractivity contribution in [2.24, 2.45) is 0 Å². The molecular formula is C17H20N4O3. The van der Waals surface area contributed by atoms with Crippen LogP contribution in [0.2, 0.25) is 0 Å². The van der Waals surface area contributed by atoms with Gasteiger partial charge in [0.2, 0.25) is 0 Å². The van der Waals surface area contributed by atoms with Gasteiger partial charge < -0.3 is 9.47 Å². The van der Waals surface area contributed by atoms with Gasteiger partial charge in [-0.3, -0.25) is 9.47 Å². The van der Waals surface area contributed by atoms with Crippen molar-refractivity contribution in [3.8, 4) is 5.75 Å². The number of likely N-dealkylation sites (tertiary alicyclic amines) is 1. The van der Waals surface area contributed by atoms with Crippen LogP contribution in [0.5, 0.6) is 5.75 Å². The van der Waals surface area contributed by atoms with Crippen molar-refractivity contribution in [3.63, 3.8) is 0 Å². The van der Waals surface area contributed by atoms with Crippen molar-refractivity contribution in [2.75, 3.05) is 19.7 Å². The number of hydrogen-bond acceptors (Lipinski definition) is 5. The second kappa shape index (κ2) is 5.19. The predicted octanol–water partition coefficient (Wildman–Crippen LogP) is 0.681. The summed E-state index contributed by atoms with van der Waals surface area (Å²) in [6.45, 7) is 4.52. The van der Waals surface area contributed by atoms with Crippen LogP contribution in [-0.4, -0.2) is 45.0 Å². The van der Waals surface area contributed by atoms with E-state index in [1.165, 1.54) is 11.1 Å². The number of aromatic nitrogens is 3. The summed E-state index contributed by atoms with van der Waals surface area (Å²) < 4.78 is 13.4. The average Bonchev–Trinajstić information content (AvgIpc) is 3.28. The van der Waals surface area contributed by atoms with Gasteiger partial charge in [-0.1, -0.05) is 12.1 Å². The van der Waals surface area contributed by atoms with Gasteiger partial charge in [0.05, 0.1) is 13.2 Å². The normalized spacial score (nSPS) is 25.7. The second-order valence-corrected chi connectivity index (χ2v) is 7.00. The SMILES string of the molecule is O=c1[nH]nc2n1CC1(CCN(Cc3ccc4c(c3)CCO4)C1)OC2. The molecule has 1 aromatic carbocycles. The first-order valence-electron chi connectivity index (χ1n) is 8.46. The number of H-pyrrole nitrogens is 1. The van der Waals surface area contributed by atoms with Crippen LogP contribution in [-0.2, 0) is 30.9 Å². The molecule has 7 heteroatoms. The molecule has 0 bridgehead atoms. The molecule has 5 rings (SSSR count). The van der Waals surface area contributed by atoms with Gasteiger partial charge >= 0.3 is 5.69 Å². The molecule has 1 unspecified atom stereocenters. The molecule has 3 aliphatic rings. The van der Waals surface area contributed by atoms with E-state index in [1.807, 2.05) is 0 Å². The maximum Gasteiger partial charge on any atom is 0.343 e. The van der Waals surface area contributed by atoms with Crippen LogP contribution in [0, 0.1) is 0 Å². The van der Waals surface area contributed by atoms with Crippen LogP contribution in [0.15, 0.2) is 23.0 Å². The zero-order valence-electron chi connectivity index (χ0n) is 13.5. The molecule has 4 heterocycles. The Morgan fingerprint density at radius 3 is 3.25 bits per heavy atom. The van der Waals surface area contributed by atoms with Gasteiger partial charge in [-0.05, 0) is 23.6 Å². The van der Waals surface area contributed by atoms with Gasteiger partial charge in [-0.15, -0.1) is 0 Å². The van der Waals surface area contributed by atoms with Gasteiger partial charge in [-0.25, -0.2) is 9.89 Å². The lowest BCUT2D eigenvalue weighted by atomic mass is 10.0. The van der Waals surface area contributed by atoms with Gasteiger partial charge in [0, 0.05) is 26.1 Å². The summed E-state index contributed by atoms with van der Waals surface area (Å²) in [5.41, 5.74) is 2.23. The Balaban J connectivity index is 1.31. The highest BCUT2D eigenvalue weighted by Gasteiger charge is 2.43. The zero-order valence-corrected chi connectivity index (χ0v) is 13.5. The molecule has 1 aromatic heterocycles. The first-order chi connectivity index (χ1) is 11.7. The quantitative estimate of drug-likeness (QED) is 0.878. The highest BCUT2D eigenvalue weighted by molar-refractivity contribution is 5.39. The molecule has 1 saturated heterocycles. The summed E-state index contributed by atoms with van der Waals surface area (Å²) in [4.78, 5) is 14.3. The fourth-order valence-electron chi connectivity index (χ4n) is 4.08. The van der Waals surface area contributed by atoms with E-state index in [1.54, 1.807) is 4.57 Å². The Labute approximate surface area is 139 Å². The molecule has 1 fully saturated rings. The molecule has 0 aliphatic carbocycles. The minimum Gasteiger partial charge on any atom is -0.493 e. The number of hydrogen-bond donors (Lipinski definition) is 1. The third-order valence-corrected chi connectivity index (χ3v) is 5.35. The summed E-state index contributed by atoms with van der Waals surface area (Å²) in [7, 11) is 0. The van der Waals surface area contributed by atoms with Crippen LogP contribution < -0.4 is 10.4 Å². The highest BCUT2D eigenvalue weighted by Crippen LogP contribution is 2.33. The Morgan fingerprint density at radius 2 is 2.29 bits per heavy atom. The Morgan fingerprint density at radius 1 is 1.33 bits per heavy atom. The van der Waals surface area contributed by atoms with E-state index in [9.17, 15) is 4.79 Å². The van der Waals surface area contributed by atoms with E-state index in [2.05, 4.69) is 33.3 Å². The first-order valence-corrected chi connectivity index (χ1v) is 8.46. The van der Waals surface area contributed by atoms with Gasteiger partial charge in [-0.2, -0.15) is 5.10 Å². The molecule has 2 aromatic rings.